The van der Waals surface area contributed by atoms with Crippen molar-refractivity contribution in [3.05, 3.63) is 33.1 Å². The monoisotopic (exact) mass is 467 g/mol. The second kappa shape index (κ2) is 8.78. The van der Waals surface area contributed by atoms with Crippen LogP contribution in [0, 0.1) is 0 Å². The summed E-state index contributed by atoms with van der Waals surface area (Å²) in [6.45, 7) is 0.354. The highest BCUT2D eigenvalue weighted by Gasteiger charge is 2.37. The lowest BCUT2D eigenvalue weighted by molar-refractivity contribution is -0.307. The maximum Gasteiger partial charge on any atom is 0.294 e. The quantitative estimate of drug-likeness (QED) is 0.579. The van der Waals surface area contributed by atoms with E-state index in [1.165, 1.54) is 6.08 Å². The van der Waals surface area contributed by atoms with E-state index in [9.17, 15) is 24.3 Å². The number of carbonyl (C=O) groups excluding carboxylic acids is 4. The number of carboxylic acid groups (broad SMARTS) is 1. The minimum Gasteiger partial charge on any atom is -0.546 e. The first-order valence-electron chi connectivity index (χ1n) is 8.50. The summed E-state index contributed by atoms with van der Waals surface area (Å²) in [5, 5.41) is 10.1. The largest absolute Gasteiger partial charge is 0.546 e. The Morgan fingerprint density at radius 2 is 1.96 bits per heavy atom. The molecule has 1 aromatic rings. The fourth-order valence-corrected chi connectivity index (χ4v) is 4.09. The standard InChI is InChI=1S/C18H17BrN2O6S/c19-12-3-4-13(27-10-16(23)24)11(7-12)8-14-17(25)21(18(26)28-14)9-15(22)20-5-1-2-6-20/h3-4,7-8H,1-2,5-6,9-10H2,(H,23,24)/p-1/b14-8+. The molecule has 0 bridgehead atoms. The molecule has 148 valence electrons. The molecule has 8 nitrogen and oxygen atoms in total. The van der Waals surface area contributed by atoms with Crippen molar-refractivity contribution in [1.82, 2.24) is 9.80 Å². The summed E-state index contributed by atoms with van der Waals surface area (Å²) in [5.41, 5.74) is 0.423. The third kappa shape index (κ3) is 4.74. The van der Waals surface area contributed by atoms with Crippen LogP contribution >= 0.6 is 27.7 Å². The summed E-state index contributed by atoms with van der Waals surface area (Å²) in [6.07, 6.45) is 3.29. The lowest BCUT2D eigenvalue weighted by Crippen LogP contribution is -2.40. The van der Waals surface area contributed by atoms with Crippen molar-refractivity contribution in [2.75, 3.05) is 26.2 Å². The van der Waals surface area contributed by atoms with Gasteiger partial charge in [-0.15, -0.1) is 0 Å². The van der Waals surface area contributed by atoms with Crippen molar-refractivity contribution in [2.24, 2.45) is 0 Å². The average Bonchev–Trinajstić information content (AvgIpc) is 3.26. The average molecular weight is 468 g/mol. The fourth-order valence-electron chi connectivity index (χ4n) is 2.88. The Bertz CT molecular complexity index is 866. The van der Waals surface area contributed by atoms with Crippen LogP contribution in [0.4, 0.5) is 4.79 Å². The van der Waals surface area contributed by atoms with Gasteiger partial charge in [-0.1, -0.05) is 15.9 Å². The van der Waals surface area contributed by atoms with Gasteiger partial charge in [-0.2, -0.15) is 0 Å². The van der Waals surface area contributed by atoms with Gasteiger partial charge in [-0.05, 0) is 48.9 Å². The second-order valence-electron chi connectivity index (χ2n) is 6.20. The van der Waals surface area contributed by atoms with Gasteiger partial charge >= 0.3 is 0 Å². The Labute approximate surface area is 173 Å². The number of hydrogen-bond acceptors (Lipinski definition) is 7. The lowest BCUT2D eigenvalue weighted by Gasteiger charge is -2.18. The number of amides is 3. The summed E-state index contributed by atoms with van der Waals surface area (Å²) in [5.74, 6) is -1.96. The molecule has 0 N–H and O–H groups in total. The summed E-state index contributed by atoms with van der Waals surface area (Å²) >= 11 is 4.03. The highest BCUT2D eigenvalue weighted by molar-refractivity contribution is 9.10. The summed E-state index contributed by atoms with van der Waals surface area (Å²) in [6, 6.07) is 4.83. The first-order chi connectivity index (χ1) is 13.3. The van der Waals surface area contributed by atoms with Gasteiger partial charge in [0.1, 0.15) is 18.9 Å². The summed E-state index contributed by atoms with van der Waals surface area (Å²) in [7, 11) is 0. The van der Waals surface area contributed by atoms with E-state index >= 15 is 0 Å². The molecule has 3 amide bonds. The number of imide groups is 1. The molecule has 1 aromatic carbocycles. The summed E-state index contributed by atoms with van der Waals surface area (Å²) in [4.78, 5) is 50.5. The molecular weight excluding hydrogens is 452 g/mol. The highest BCUT2D eigenvalue weighted by atomic mass is 79.9. The minimum absolute atomic E-state index is 0.135. The predicted molar refractivity (Wildman–Crippen MR) is 103 cm³/mol. The van der Waals surface area contributed by atoms with E-state index < -0.39 is 23.7 Å². The maximum atomic E-state index is 12.6. The van der Waals surface area contributed by atoms with Crippen LogP contribution in [0.1, 0.15) is 18.4 Å². The normalized spacial score (nSPS) is 18.2. The number of ether oxygens (including phenoxy) is 1. The van der Waals surface area contributed by atoms with Gasteiger partial charge in [0, 0.05) is 23.1 Å². The number of aliphatic carboxylic acids is 1. The van der Waals surface area contributed by atoms with E-state index in [1.54, 1.807) is 23.1 Å². The molecule has 2 heterocycles. The lowest BCUT2D eigenvalue weighted by atomic mass is 10.2. The van der Waals surface area contributed by atoms with Crippen molar-refractivity contribution in [2.45, 2.75) is 12.8 Å². The zero-order chi connectivity index (χ0) is 20.3. The number of hydrogen-bond donors (Lipinski definition) is 0. The van der Waals surface area contributed by atoms with Crippen LogP contribution in [-0.2, 0) is 14.4 Å². The Balaban J connectivity index is 1.78. The van der Waals surface area contributed by atoms with Gasteiger partial charge in [0.25, 0.3) is 11.1 Å². The van der Waals surface area contributed by atoms with Crippen molar-refractivity contribution in [3.63, 3.8) is 0 Å². The van der Waals surface area contributed by atoms with Crippen LogP contribution in [0.2, 0.25) is 0 Å². The van der Waals surface area contributed by atoms with Crippen LogP contribution in [-0.4, -0.2) is 59.1 Å². The molecule has 28 heavy (non-hydrogen) atoms. The molecule has 2 saturated heterocycles. The number of likely N-dealkylation sites (tertiary alicyclic amines) is 1. The van der Waals surface area contributed by atoms with Gasteiger partial charge in [-0.3, -0.25) is 19.3 Å². The number of nitrogens with zero attached hydrogens (tertiary/aromatic N) is 2. The number of thioether (sulfide) groups is 1. The zero-order valence-corrected chi connectivity index (χ0v) is 17.1. The molecule has 0 saturated carbocycles. The van der Waals surface area contributed by atoms with E-state index in [0.717, 1.165) is 29.5 Å². The molecule has 2 aliphatic heterocycles. The van der Waals surface area contributed by atoms with Gasteiger partial charge < -0.3 is 19.5 Å². The first kappa shape index (κ1) is 20.4. The number of rotatable bonds is 6. The Morgan fingerprint density at radius 3 is 2.64 bits per heavy atom. The predicted octanol–water partition coefficient (Wildman–Crippen LogP) is 1.24. The molecule has 2 fully saturated rings. The number of carbonyl (C=O) groups is 4. The van der Waals surface area contributed by atoms with Crippen molar-refractivity contribution >= 4 is 56.8 Å². The van der Waals surface area contributed by atoms with Crippen LogP contribution in [0.3, 0.4) is 0 Å². The molecule has 0 radical (unpaired) electrons. The first-order valence-corrected chi connectivity index (χ1v) is 10.1. The van der Waals surface area contributed by atoms with Gasteiger partial charge in [0.2, 0.25) is 5.91 Å². The zero-order valence-electron chi connectivity index (χ0n) is 14.7. The maximum absolute atomic E-state index is 12.6. The molecular formula is C18H16BrN2O6S-. The Morgan fingerprint density at radius 1 is 1.25 bits per heavy atom. The molecule has 0 spiro atoms. The molecule has 0 unspecified atom stereocenters. The SMILES string of the molecule is O=C([O-])COc1ccc(Br)cc1/C=C1/SC(=O)N(CC(=O)N2CCCC2)C1=O. The molecule has 0 aliphatic carbocycles. The minimum atomic E-state index is -1.38. The van der Waals surface area contributed by atoms with Crippen molar-refractivity contribution in [3.8, 4) is 5.75 Å². The van der Waals surface area contributed by atoms with E-state index in [0.29, 0.717) is 23.1 Å². The number of carboxylic acids is 1. The van der Waals surface area contributed by atoms with Gasteiger partial charge in [0.05, 0.1) is 10.9 Å². The van der Waals surface area contributed by atoms with Crippen LogP contribution < -0.4 is 9.84 Å². The van der Waals surface area contributed by atoms with Crippen molar-refractivity contribution < 1.29 is 29.0 Å². The van der Waals surface area contributed by atoms with Gasteiger partial charge in [-0.25, -0.2) is 0 Å². The van der Waals surface area contributed by atoms with E-state index in [4.69, 9.17) is 4.74 Å². The third-order valence-electron chi connectivity index (χ3n) is 4.23. The van der Waals surface area contributed by atoms with Crippen LogP contribution in [0.5, 0.6) is 5.75 Å². The number of halogens is 1. The molecule has 2 aliphatic rings. The number of benzene rings is 1. The van der Waals surface area contributed by atoms with E-state index in [-0.39, 0.29) is 23.1 Å². The molecule has 0 aromatic heterocycles. The third-order valence-corrected chi connectivity index (χ3v) is 5.63. The van der Waals surface area contributed by atoms with Crippen molar-refractivity contribution in [1.29, 1.82) is 0 Å². The van der Waals surface area contributed by atoms with Crippen LogP contribution in [0.25, 0.3) is 6.08 Å². The second-order valence-corrected chi connectivity index (χ2v) is 8.11. The summed E-state index contributed by atoms with van der Waals surface area (Å²) < 4.78 is 5.86. The smallest absolute Gasteiger partial charge is 0.294 e. The molecule has 3 rings (SSSR count). The van der Waals surface area contributed by atoms with E-state index in [2.05, 4.69) is 15.9 Å². The highest BCUT2D eigenvalue weighted by Crippen LogP contribution is 2.35. The topological polar surface area (TPSA) is 107 Å². The van der Waals surface area contributed by atoms with E-state index in [1.807, 2.05) is 0 Å². The Kier molecular flexibility index (Phi) is 6.40. The van der Waals surface area contributed by atoms with Crippen LogP contribution in [0.15, 0.2) is 27.6 Å². The molecule has 10 heteroatoms. The molecule has 0 atom stereocenters. The van der Waals surface area contributed by atoms with Gasteiger partial charge in [0.15, 0.2) is 0 Å². The fraction of sp³-hybridized carbons (Fsp3) is 0.333. The Hall–Kier alpha value is -2.33.